The lowest BCUT2D eigenvalue weighted by Crippen LogP contribution is -2.15. The van der Waals surface area contributed by atoms with Crippen molar-refractivity contribution >= 4 is 12.0 Å². The van der Waals surface area contributed by atoms with Crippen LogP contribution in [0.5, 0.6) is 5.75 Å². The van der Waals surface area contributed by atoms with Gasteiger partial charge in [-0.1, -0.05) is 18.2 Å². The van der Waals surface area contributed by atoms with E-state index in [1.165, 1.54) is 6.08 Å². The lowest BCUT2D eigenvalue weighted by Gasteiger charge is -2.15. The van der Waals surface area contributed by atoms with Gasteiger partial charge in [-0.15, -0.1) is 0 Å². The molecule has 0 bridgehead atoms. The van der Waals surface area contributed by atoms with E-state index in [0.29, 0.717) is 13.2 Å². The third-order valence-corrected chi connectivity index (χ3v) is 3.43. The van der Waals surface area contributed by atoms with Crippen molar-refractivity contribution < 1.29 is 14.7 Å². The van der Waals surface area contributed by atoms with E-state index in [0.717, 1.165) is 23.6 Å². The largest absolute Gasteiger partial charge is 0.491 e. The molecule has 2 aromatic rings. The summed E-state index contributed by atoms with van der Waals surface area (Å²) in [6, 6.07) is 11.8. The number of hydrogen-bond donors (Lipinski definition) is 2. The van der Waals surface area contributed by atoms with E-state index in [1.807, 2.05) is 55.2 Å². The molecule has 0 spiro atoms. The van der Waals surface area contributed by atoms with Gasteiger partial charge in [-0.2, -0.15) is 0 Å². The smallest absolute Gasteiger partial charge is 0.267 e. The molecular weight excluding hydrogens is 306 g/mol. The number of carbonyl (C=O) groups excluding carboxylic acids is 1. The zero-order chi connectivity index (χ0) is 17.4. The number of rotatable bonds is 8. The van der Waals surface area contributed by atoms with Gasteiger partial charge in [0.15, 0.2) is 0 Å². The van der Waals surface area contributed by atoms with E-state index < -0.39 is 5.91 Å². The second kappa shape index (κ2) is 8.90. The average molecular weight is 329 g/mol. The minimum atomic E-state index is -0.559. The number of nitrogens with zero attached hydrogens (tertiary/aromatic N) is 2. The number of nitrogens with one attached hydrogen (secondary N) is 1. The van der Waals surface area contributed by atoms with E-state index >= 15 is 0 Å². The third kappa shape index (κ3) is 5.26. The first-order valence-electron chi connectivity index (χ1n) is 7.73. The molecule has 1 heterocycles. The molecule has 0 saturated heterocycles. The molecule has 0 fully saturated rings. The van der Waals surface area contributed by atoms with Crippen molar-refractivity contribution in [2.75, 3.05) is 20.7 Å². The maximum absolute atomic E-state index is 11.1. The SMILES string of the molecule is CN(C)Cc1ccccc1OCCn1cccc1/C=C/C(=O)NO. The van der Waals surface area contributed by atoms with Gasteiger partial charge in [0.1, 0.15) is 12.4 Å². The van der Waals surface area contributed by atoms with Crippen LogP contribution in [0.3, 0.4) is 0 Å². The Morgan fingerprint density at radius 1 is 1.29 bits per heavy atom. The topological polar surface area (TPSA) is 66.7 Å². The van der Waals surface area contributed by atoms with Crippen LogP contribution in [-0.2, 0) is 17.9 Å². The van der Waals surface area contributed by atoms with Crippen LogP contribution in [0.25, 0.3) is 6.08 Å². The summed E-state index contributed by atoms with van der Waals surface area (Å²) in [6.45, 7) is 2.00. The van der Waals surface area contributed by atoms with Crippen LogP contribution in [0, 0.1) is 0 Å². The normalized spacial score (nSPS) is 11.2. The highest BCUT2D eigenvalue weighted by Gasteiger charge is 2.05. The molecule has 1 aromatic carbocycles. The van der Waals surface area contributed by atoms with Gasteiger partial charge in [-0.3, -0.25) is 10.0 Å². The monoisotopic (exact) mass is 329 g/mol. The Morgan fingerprint density at radius 3 is 2.83 bits per heavy atom. The zero-order valence-electron chi connectivity index (χ0n) is 14.0. The molecule has 6 nitrogen and oxygen atoms in total. The fourth-order valence-electron chi connectivity index (χ4n) is 2.35. The van der Waals surface area contributed by atoms with Crippen LogP contribution in [0.4, 0.5) is 0 Å². The van der Waals surface area contributed by atoms with Crippen molar-refractivity contribution in [1.82, 2.24) is 14.9 Å². The first-order chi connectivity index (χ1) is 11.6. The Balaban J connectivity index is 1.95. The number of ether oxygens (including phenoxy) is 1. The minimum Gasteiger partial charge on any atom is -0.491 e. The summed E-state index contributed by atoms with van der Waals surface area (Å²) in [7, 11) is 4.05. The first-order valence-corrected chi connectivity index (χ1v) is 7.73. The molecule has 2 rings (SSSR count). The molecule has 0 unspecified atom stereocenters. The number of benzene rings is 1. The molecule has 128 valence electrons. The first kappa shape index (κ1) is 17.8. The van der Waals surface area contributed by atoms with Crippen molar-refractivity contribution in [2.45, 2.75) is 13.1 Å². The van der Waals surface area contributed by atoms with E-state index in [9.17, 15) is 4.79 Å². The highest BCUT2D eigenvalue weighted by Crippen LogP contribution is 2.19. The summed E-state index contributed by atoms with van der Waals surface area (Å²) in [4.78, 5) is 13.2. The van der Waals surface area contributed by atoms with E-state index in [4.69, 9.17) is 9.94 Å². The van der Waals surface area contributed by atoms with Gasteiger partial charge in [-0.25, -0.2) is 5.48 Å². The number of aromatic nitrogens is 1. The van der Waals surface area contributed by atoms with Crippen molar-refractivity contribution in [3.8, 4) is 5.75 Å². The van der Waals surface area contributed by atoms with Gasteiger partial charge in [0.25, 0.3) is 5.91 Å². The summed E-state index contributed by atoms with van der Waals surface area (Å²) in [6.07, 6.45) is 4.84. The lowest BCUT2D eigenvalue weighted by molar-refractivity contribution is -0.124. The average Bonchev–Trinajstić information content (AvgIpc) is 3.01. The van der Waals surface area contributed by atoms with Crippen LogP contribution < -0.4 is 10.2 Å². The van der Waals surface area contributed by atoms with Crippen LogP contribution >= 0.6 is 0 Å². The summed E-state index contributed by atoms with van der Waals surface area (Å²) < 4.78 is 7.90. The zero-order valence-corrected chi connectivity index (χ0v) is 14.0. The third-order valence-electron chi connectivity index (χ3n) is 3.43. The van der Waals surface area contributed by atoms with Gasteiger partial charge < -0.3 is 14.2 Å². The van der Waals surface area contributed by atoms with Crippen molar-refractivity contribution in [1.29, 1.82) is 0 Å². The van der Waals surface area contributed by atoms with E-state index in [-0.39, 0.29) is 0 Å². The summed E-state index contributed by atoms with van der Waals surface area (Å²) in [5.41, 5.74) is 3.58. The highest BCUT2D eigenvalue weighted by atomic mass is 16.5. The van der Waals surface area contributed by atoms with Crippen LogP contribution in [0.1, 0.15) is 11.3 Å². The van der Waals surface area contributed by atoms with Gasteiger partial charge in [0.05, 0.1) is 6.54 Å². The molecular formula is C18H23N3O3. The van der Waals surface area contributed by atoms with Gasteiger partial charge in [0, 0.05) is 30.1 Å². The number of hydroxylamine groups is 1. The van der Waals surface area contributed by atoms with Crippen molar-refractivity contribution in [3.05, 3.63) is 59.9 Å². The molecule has 6 heteroatoms. The fraction of sp³-hybridized carbons (Fsp3) is 0.278. The lowest BCUT2D eigenvalue weighted by atomic mass is 10.2. The fourth-order valence-corrected chi connectivity index (χ4v) is 2.35. The molecule has 2 N–H and O–H groups in total. The molecule has 0 aliphatic carbocycles. The number of hydrogen-bond acceptors (Lipinski definition) is 4. The summed E-state index contributed by atoms with van der Waals surface area (Å²) >= 11 is 0. The Bertz CT molecular complexity index is 692. The Hall–Kier alpha value is -2.57. The molecule has 0 aliphatic rings. The van der Waals surface area contributed by atoms with E-state index in [2.05, 4.69) is 11.0 Å². The predicted molar refractivity (Wildman–Crippen MR) is 92.7 cm³/mol. The molecule has 0 saturated carbocycles. The predicted octanol–water partition coefficient (Wildman–Crippen LogP) is 2.15. The number of carbonyl (C=O) groups is 1. The second-order valence-electron chi connectivity index (χ2n) is 5.63. The summed E-state index contributed by atoms with van der Waals surface area (Å²) in [5, 5.41) is 8.51. The van der Waals surface area contributed by atoms with Gasteiger partial charge in [-0.05, 0) is 38.4 Å². The summed E-state index contributed by atoms with van der Waals surface area (Å²) in [5.74, 6) is 0.326. The Kier molecular flexibility index (Phi) is 6.60. The van der Waals surface area contributed by atoms with Gasteiger partial charge in [0.2, 0.25) is 0 Å². The van der Waals surface area contributed by atoms with Crippen LogP contribution in [0.2, 0.25) is 0 Å². The minimum absolute atomic E-state index is 0.520. The quantitative estimate of drug-likeness (QED) is 0.442. The molecule has 0 radical (unpaired) electrons. The maximum atomic E-state index is 11.1. The van der Waals surface area contributed by atoms with Crippen LogP contribution in [0.15, 0.2) is 48.7 Å². The second-order valence-corrected chi connectivity index (χ2v) is 5.63. The number of amides is 1. The molecule has 1 aromatic heterocycles. The van der Waals surface area contributed by atoms with Gasteiger partial charge >= 0.3 is 0 Å². The molecule has 1 amide bonds. The van der Waals surface area contributed by atoms with E-state index in [1.54, 1.807) is 11.6 Å². The Labute approximate surface area is 141 Å². The van der Waals surface area contributed by atoms with Crippen molar-refractivity contribution in [2.24, 2.45) is 0 Å². The van der Waals surface area contributed by atoms with Crippen LogP contribution in [-0.4, -0.2) is 41.3 Å². The highest BCUT2D eigenvalue weighted by molar-refractivity contribution is 5.90. The molecule has 0 atom stereocenters. The van der Waals surface area contributed by atoms with Crippen molar-refractivity contribution in [3.63, 3.8) is 0 Å². The number of para-hydroxylation sites is 1. The maximum Gasteiger partial charge on any atom is 0.267 e. The molecule has 0 aliphatic heterocycles. The standard InChI is InChI=1S/C18H23N3O3/c1-20(2)14-15-6-3-4-8-17(15)24-13-12-21-11-5-7-16(21)9-10-18(22)19-23/h3-11,23H,12-14H2,1-2H3,(H,19,22)/b10-9+. The molecule has 24 heavy (non-hydrogen) atoms. The Morgan fingerprint density at radius 2 is 2.08 bits per heavy atom.